The number of hydrogen-bond acceptors (Lipinski definition) is 9. The second-order valence-corrected chi connectivity index (χ2v) is 8.98. The van der Waals surface area contributed by atoms with Gasteiger partial charge in [0, 0.05) is 43.3 Å². The van der Waals surface area contributed by atoms with Crippen LogP contribution in [0.15, 0.2) is 55.9 Å². The summed E-state index contributed by atoms with van der Waals surface area (Å²) >= 11 is 0. The van der Waals surface area contributed by atoms with Crippen LogP contribution in [0.3, 0.4) is 0 Å². The number of nitrogens with zero attached hydrogens (tertiary/aromatic N) is 10. The predicted octanol–water partition coefficient (Wildman–Crippen LogP) is 3.95. The van der Waals surface area contributed by atoms with Crippen LogP contribution in [0.25, 0.3) is 11.5 Å². The van der Waals surface area contributed by atoms with Gasteiger partial charge in [-0.25, -0.2) is 34.6 Å². The van der Waals surface area contributed by atoms with Crippen molar-refractivity contribution in [1.82, 2.24) is 44.1 Å². The lowest BCUT2D eigenvalue weighted by molar-refractivity contribution is -0.138. The number of fused-ring (bicyclic) bond motifs is 1. The molecule has 0 bridgehead atoms. The molecule has 0 aliphatic carbocycles. The normalized spacial score (nSPS) is 14.8. The van der Waals surface area contributed by atoms with Crippen molar-refractivity contribution in [3.8, 4) is 5.82 Å². The van der Waals surface area contributed by atoms with Crippen molar-refractivity contribution in [2.45, 2.75) is 31.9 Å². The first-order chi connectivity index (χ1) is 18.4. The molecule has 1 aliphatic heterocycles. The molecule has 1 saturated heterocycles. The first-order valence-electron chi connectivity index (χ1n) is 11.9. The Bertz CT molecular complexity index is 1550. The average molecular weight is 522 g/mol. The number of rotatable bonds is 5. The van der Waals surface area contributed by atoms with E-state index in [9.17, 15) is 13.2 Å². The number of pyridine rings is 1. The molecular formula is C24H22F3N11. The first-order valence-corrected chi connectivity index (χ1v) is 11.9. The Morgan fingerprint density at radius 3 is 2.39 bits per heavy atom. The highest BCUT2D eigenvalue weighted by Crippen LogP contribution is 2.33. The van der Waals surface area contributed by atoms with E-state index in [1.165, 1.54) is 6.33 Å². The van der Waals surface area contributed by atoms with Crippen LogP contribution in [0.1, 0.15) is 35.7 Å². The zero-order valence-electron chi connectivity index (χ0n) is 20.2. The molecule has 1 aliphatic rings. The van der Waals surface area contributed by atoms with Gasteiger partial charge in [0.2, 0.25) is 5.95 Å². The summed E-state index contributed by atoms with van der Waals surface area (Å²) in [6, 6.07) is 3.77. The number of hydrogen-bond donors (Lipinski definition) is 1. The fourth-order valence-corrected chi connectivity index (χ4v) is 4.60. The second kappa shape index (κ2) is 9.36. The number of anilines is 3. The molecule has 0 atom stereocenters. The Balaban J connectivity index is 1.17. The summed E-state index contributed by atoms with van der Waals surface area (Å²) in [5.41, 5.74) is 3.26. The summed E-state index contributed by atoms with van der Waals surface area (Å²) in [4.78, 5) is 27.4. The maximum atomic E-state index is 12.8. The largest absolute Gasteiger partial charge is 0.419 e. The number of alkyl halides is 3. The third kappa shape index (κ3) is 4.48. The zero-order valence-corrected chi connectivity index (χ0v) is 20.2. The van der Waals surface area contributed by atoms with E-state index in [1.54, 1.807) is 23.5 Å². The monoisotopic (exact) mass is 521 g/mol. The smallest absolute Gasteiger partial charge is 0.350 e. The minimum Gasteiger partial charge on any atom is -0.350 e. The Hall–Kier alpha value is -4.62. The van der Waals surface area contributed by atoms with E-state index < -0.39 is 11.7 Å². The molecule has 0 unspecified atom stereocenters. The van der Waals surface area contributed by atoms with E-state index in [0.717, 1.165) is 53.6 Å². The number of nitrogens with one attached hydrogen (secondary N) is 1. The van der Waals surface area contributed by atoms with Gasteiger partial charge < -0.3 is 10.2 Å². The molecule has 0 saturated carbocycles. The minimum atomic E-state index is -4.45. The molecule has 14 heteroatoms. The van der Waals surface area contributed by atoms with Crippen LogP contribution >= 0.6 is 0 Å². The molecule has 6 rings (SSSR count). The van der Waals surface area contributed by atoms with Crippen molar-refractivity contribution in [3.05, 3.63) is 72.9 Å². The zero-order chi connectivity index (χ0) is 26.3. The Kier molecular flexibility index (Phi) is 5.85. The average Bonchev–Trinajstić information content (AvgIpc) is 3.61. The summed E-state index contributed by atoms with van der Waals surface area (Å²) < 4.78 is 42.0. The third-order valence-corrected chi connectivity index (χ3v) is 6.61. The highest BCUT2D eigenvalue weighted by Gasteiger charge is 2.32. The molecular weight excluding hydrogens is 499 g/mol. The maximum Gasteiger partial charge on any atom is 0.419 e. The quantitative estimate of drug-likeness (QED) is 0.367. The van der Waals surface area contributed by atoms with E-state index in [2.05, 4.69) is 40.3 Å². The van der Waals surface area contributed by atoms with Gasteiger partial charge in [-0.1, -0.05) is 0 Å². The highest BCUT2D eigenvalue weighted by molar-refractivity contribution is 5.74. The molecule has 38 heavy (non-hydrogen) atoms. The predicted molar refractivity (Wildman–Crippen MR) is 131 cm³/mol. The van der Waals surface area contributed by atoms with E-state index >= 15 is 0 Å². The second-order valence-electron chi connectivity index (χ2n) is 8.98. The first kappa shape index (κ1) is 23.8. The third-order valence-electron chi connectivity index (χ3n) is 6.61. The summed E-state index contributed by atoms with van der Waals surface area (Å²) in [6.45, 7) is 3.15. The van der Waals surface area contributed by atoms with Crippen molar-refractivity contribution in [2.75, 3.05) is 23.3 Å². The van der Waals surface area contributed by atoms with Gasteiger partial charge in [0.1, 0.15) is 24.7 Å². The lowest BCUT2D eigenvalue weighted by atomic mass is 9.94. The van der Waals surface area contributed by atoms with Crippen LogP contribution in [0.2, 0.25) is 0 Å². The minimum absolute atomic E-state index is 0.207. The van der Waals surface area contributed by atoms with Crippen molar-refractivity contribution < 1.29 is 13.2 Å². The fraction of sp³-hybridized carbons (Fsp3) is 0.292. The number of aromatic nitrogens is 9. The summed E-state index contributed by atoms with van der Waals surface area (Å²) in [6.07, 6.45) is 7.14. The fourth-order valence-electron chi connectivity index (χ4n) is 4.60. The summed E-state index contributed by atoms with van der Waals surface area (Å²) in [5, 5.41) is 7.50. The van der Waals surface area contributed by atoms with E-state index in [0.29, 0.717) is 24.9 Å². The SMILES string of the molecule is Cc1nc(-n2cncn2)ccc1Nc1cncn2c(C3CCN(c4ncc(C(F)(F)F)cn4)CC3)cnc12. The highest BCUT2D eigenvalue weighted by atomic mass is 19.4. The van der Waals surface area contributed by atoms with Crippen molar-refractivity contribution in [3.63, 3.8) is 0 Å². The molecule has 6 heterocycles. The summed E-state index contributed by atoms with van der Waals surface area (Å²) in [5.74, 6) is 1.18. The molecule has 5 aromatic heterocycles. The van der Waals surface area contributed by atoms with Crippen molar-refractivity contribution in [2.24, 2.45) is 0 Å². The lowest BCUT2D eigenvalue weighted by Gasteiger charge is -2.31. The van der Waals surface area contributed by atoms with Crippen LogP contribution in [-0.4, -0.2) is 57.2 Å². The topological polar surface area (TPSA) is 115 Å². The van der Waals surface area contributed by atoms with Gasteiger partial charge in [0.15, 0.2) is 11.5 Å². The van der Waals surface area contributed by atoms with Gasteiger partial charge >= 0.3 is 6.18 Å². The van der Waals surface area contributed by atoms with Gasteiger partial charge in [-0.3, -0.25) is 4.40 Å². The molecule has 5 aromatic rings. The molecule has 11 nitrogen and oxygen atoms in total. The molecule has 1 fully saturated rings. The van der Waals surface area contributed by atoms with E-state index in [4.69, 9.17) is 0 Å². The van der Waals surface area contributed by atoms with Gasteiger partial charge in [0.25, 0.3) is 0 Å². The van der Waals surface area contributed by atoms with Gasteiger partial charge in [-0.05, 0) is 31.9 Å². The van der Waals surface area contributed by atoms with Gasteiger partial charge in [0.05, 0.1) is 23.1 Å². The number of halogens is 3. The standard InChI is InChI=1S/C24H22F3N11/c1-15-18(2-3-21(34-15)38-14-29-12-33-38)35-19-10-28-13-37-20(11-30-22(19)37)16-4-6-36(7-5-16)23-31-8-17(9-32-23)24(25,26)27/h2-3,8-14,16,35H,4-7H2,1H3. The number of imidazole rings is 1. The molecule has 0 aromatic carbocycles. The lowest BCUT2D eigenvalue weighted by Crippen LogP contribution is -2.34. The number of aryl methyl sites for hydroxylation is 1. The van der Waals surface area contributed by atoms with Crippen molar-refractivity contribution >= 4 is 23.0 Å². The van der Waals surface area contributed by atoms with Crippen LogP contribution < -0.4 is 10.2 Å². The van der Waals surface area contributed by atoms with E-state index in [1.807, 2.05) is 34.6 Å². The summed E-state index contributed by atoms with van der Waals surface area (Å²) in [7, 11) is 0. The van der Waals surface area contributed by atoms with Gasteiger partial charge in [-0.15, -0.1) is 0 Å². The Labute approximate surface area is 214 Å². The molecule has 0 amide bonds. The van der Waals surface area contributed by atoms with E-state index in [-0.39, 0.29) is 5.92 Å². The molecule has 194 valence electrons. The Morgan fingerprint density at radius 2 is 1.71 bits per heavy atom. The number of piperidine rings is 1. The van der Waals surface area contributed by atoms with Crippen LogP contribution in [-0.2, 0) is 6.18 Å². The Morgan fingerprint density at radius 1 is 0.921 bits per heavy atom. The molecule has 0 spiro atoms. The maximum absolute atomic E-state index is 12.8. The molecule has 1 N–H and O–H groups in total. The van der Waals surface area contributed by atoms with Crippen molar-refractivity contribution in [1.29, 1.82) is 0 Å². The van der Waals surface area contributed by atoms with Crippen LogP contribution in [0.5, 0.6) is 0 Å². The molecule has 0 radical (unpaired) electrons. The van der Waals surface area contributed by atoms with Crippen LogP contribution in [0.4, 0.5) is 30.5 Å². The van der Waals surface area contributed by atoms with Crippen LogP contribution in [0, 0.1) is 6.92 Å². The van der Waals surface area contributed by atoms with Gasteiger partial charge in [-0.2, -0.15) is 18.3 Å².